The van der Waals surface area contributed by atoms with E-state index in [1.165, 1.54) is 6.20 Å². The average Bonchev–Trinajstić information content (AvgIpc) is 2.49. The second-order valence-electron chi connectivity index (χ2n) is 3.80. The van der Waals surface area contributed by atoms with Gasteiger partial charge >= 0.3 is 0 Å². The normalized spacial score (nSPS) is 9.90. The van der Waals surface area contributed by atoms with E-state index in [9.17, 15) is 4.79 Å². The molecule has 6 nitrogen and oxygen atoms in total. The molecular weight excluding hydrogens is 276 g/mol. The Balaban J connectivity index is 2.11. The van der Waals surface area contributed by atoms with E-state index >= 15 is 0 Å². The Bertz CT molecular complexity index is 589. The summed E-state index contributed by atoms with van der Waals surface area (Å²) in [6.07, 6.45) is 1.53. The van der Waals surface area contributed by atoms with E-state index in [1.54, 1.807) is 31.3 Å². The summed E-state index contributed by atoms with van der Waals surface area (Å²) in [6.45, 7) is 0. The summed E-state index contributed by atoms with van der Waals surface area (Å²) in [6, 6.07) is 10.6. The lowest BCUT2D eigenvalue weighted by Crippen LogP contribution is -2.18. The molecule has 1 aromatic carbocycles. The van der Waals surface area contributed by atoms with Crippen molar-refractivity contribution in [3.63, 3.8) is 0 Å². The number of nitrogens with zero attached hydrogens (tertiary/aromatic N) is 1. The fraction of sp³-hybridized carbons (Fsp3) is 0.0769. The van der Waals surface area contributed by atoms with Crippen molar-refractivity contribution in [2.24, 2.45) is 5.14 Å². The van der Waals surface area contributed by atoms with Gasteiger partial charge in [-0.3, -0.25) is 14.9 Å². The number of rotatable bonds is 5. The minimum Gasteiger partial charge on any atom is -0.457 e. The zero-order valence-electron chi connectivity index (χ0n) is 10.8. The summed E-state index contributed by atoms with van der Waals surface area (Å²) < 4.78 is 8.57. The largest absolute Gasteiger partial charge is 0.457 e. The number of hydrogen-bond acceptors (Lipinski definition) is 6. The van der Waals surface area contributed by atoms with Crippen molar-refractivity contribution < 1.29 is 9.53 Å². The number of pyridine rings is 1. The zero-order chi connectivity index (χ0) is 14.4. The Hall–Kier alpha value is -2.25. The number of benzene rings is 1. The number of amides is 1. The van der Waals surface area contributed by atoms with Gasteiger partial charge in [0, 0.05) is 37.1 Å². The Kier molecular flexibility index (Phi) is 4.80. The molecule has 0 spiro atoms. The van der Waals surface area contributed by atoms with Gasteiger partial charge in [-0.25, -0.2) is 0 Å². The molecule has 20 heavy (non-hydrogen) atoms. The molecule has 0 aliphatic heterocycles. The van der Waals surface area contributed by atoms with Crippen LogP contribution in [0.15, 0.2) is 42.6 Å². The predicted molar refractivity (Wildman–Crippen MR) is 79.5 cm³/mol. The third kappa shape index (κ3) is 3.62. The van der Waals surface area contributed by atoms with Crippen LogP contribution in [0, 0.1) is 0 Å². The molecule has 0 fully saturated rings. The highest BCUT2D eigenvalue weighted by Crippen LogP contribution is 2.23. The van der Waals surface area contributed by atoms with Gasteiger partial charge < -0.3 is 14.8 Å². The third-order valence-electron chi connectivity index (χ3n) is 2.46. The lowest BCUT2D eigenvalue weighted by molar-refractivity contribution is 0.0958. The van der Waals surface area contributed by atoms with Crippen LogP contribution in [0.1, 0.15) is 10.5 Å². The smallest absolute Gasteiger partial charge is 0.269 e. The maximum Gasteiger partial charge on any atom is 0.269 e. The van der Waals surface area contributed by atoms with Gasteiger partial charge in [0.05, 0.1) is 0 Å². The molecule has 0 atom stereocenters. The predicted octanol–water partition coefficient (Wildman–Crippen LogP) is 2.17. The number of carbonyl (C=O) groups is 1. The third-order valence-corrected chi connectivity index (χ3v) is 2.81. The molecule has 7 heteroatoms. The SMILES string of the molecule is CNC(=O)c1cc(Oc2ccc(NSN)cc2)ccn1. The first kappa shape index (κ1) is 14.2. The number of hydrogen-bond donors (Lipinski definition) is 3. The molecule has 2 rings (SSSR count). The Morgan fingerprint density at radius 2 is 2.00 bits per heavy atom. The Labute approximate surface area is 121 Å². The van der Waals surface area contributed by atoms with E-state index in [1.807, 2.05) is 12.1 Å². The maximum absolute atomic E-state index is 11.5. The van der Waals surface area contributed by atoms with Crippen LogP contribution in [-0.4, -0.2) is 17.9 Å². The number of carbonyl (C=O) groups excluding carboxylic acids is 1. The fourth-order valence-corrected chi connectivity index (χ4v) is 1.79. The van der Waals surface area contributed by atoms with Crippen LogP contribution in [0.4, 0.5) is 5.69 Å². The van der Waals surface area contributed by atoms with Gasteiger partial charge in [-0.1, -0.05) is 0 Å². The number of nitrogens with two attached hydrogens (primary N) is 1. The quantitative estimate of drug-likeness (QED) is 0.731. The minimum absolute atomic E-state index is 0.255. The van der Waals surface area contributed by atoms with Gasteiger partial charge in [0.15, 0.2) is 0 Å². The van der Waals surface area contributed by atoms with Crippen LogP contribution in [0.2, 0.25) is 0 Å². The maximum atomic E-state index is 11.5. The van der Waals surface area contributed by atoms with Gasteiger partial charge in [0.2, 0.25) is 0 Å². The summed E-state index contributed by atoms with van der Waals surface area (Å²) >= 11 is 1.03. The number of ether oxygens (including phenoxy) is 1. The second kappa shape index (κ2) is 6.78. The van der Waals surface area contributed by atoms with Crippen molar-refractivity contribution in [1.82, 2.24) is 10.3 Å². The number of anilines is 1. The molecule has 1 heterocycles. The molecule has 1 aromatic heterocycles. The molecule has 4 N–H and O–H groups in total. The van der Waals surface area contributed by atoms with E-state index in [4.69, 9.17) is 9.88 Å². The number of nitrogens with one attached hydrogen (secondary N) is 2. The monoisotopic (exact) mass is 290 g/mol. The highest BCUT2D eigenvalue weighted by Gasteiger charge is 2.06. The van der Waals surface area contributed by atoms with Crippen molar-refractivity contribution in [1.29, 1.82) is 0 Å². The zero-order valence-corrected chi connectivity index (χ0v) is 11.6. The Morgan fingerprint density at radius 3 is 2.65 bits per heavy atom. The lowest BCUT2D eigenvalue weighted by atomic mass is 10.3. The van der Waals surface area contributed by atoms with E-state index in [-0.39, 0.29) is 5.91 Å². The van der Waals surface area contributed by atoms with Gasteiger partial charge in [-0.05, 0) is 30.3 Å². The fourth-order valence-electron chi connectivity index (χ4n) is 1.52. The first-order chi connectivity index (χ1) is 9.72. The molecule has 0 aliphatic rings. The van der Waals surface area contributed by atoms with Crippen molar-refractivity contribution in [2.45, 2.75) is 0 Å². The van der Waals surface area contributed by atoms with Gasteiger partial charge in [0.1, 0.15) is 17.2 Å². The summed E-state index contributed by atoms with van der Waals surface area (Å²) in [5.74, 6) is 0.953. The standard InChI is InChI=1S/C13H14N4O2S/c1-15-13(18)12-8-11(6-7-16-12)19-10-4-2-9(3-5-10)17-20-14/h2-8,17H,14H2,1H3,(H,15,18). The highest BCUT2D eigenvalue weighted by atomic mass is 32.2. The molecular formula is C13H14N4O2S. The van der Waals surface area contributed by atoms with Crippen LogP contribution in [0.25, 0.3) is 0 Å². The van der Waals surface area contributed by atoms with Crippen molar-refractivity contribution in [3.05, 3.63) is 48.3 Å². The molecule has 0 saturated carbocycles. The van der Waals surface area contributed by atoms with Crippen LogP contribution in [0.3, 0.4) is 0 Å². The summed E-state index contributed by atoms with van der Waals surface area (Å²) in [7, 11) is 1.55. The second-order valence-corrected chi connectivity index (χ2v) is 4.24. The number of aromatic nitrogens is 1. The van der Waals surface area contributed by atoms with E-state index in [0.29, 0.717) is 17.2 Å². The van der Waals surface area contributed by atoms with Crippen LogP contribution < -0.4 is 19.9 Å². The van der Waals surface area contributed by atoms with E-state index < -0.39 is 0 Å². The van der Waals surface area contributed by atoms with Gasteiger partial charge in [0.25, 0.3) is 5.91 Å². The molecule has 2 aromatic rings. The summed E-state index contributed by atoms with van der Waals surface area (Å²) in [4.78, 5) is 15.5. The summed E-state index contributed by atoms with van der Waals surface area (Å²) in [5, 5.41) is 7.82. The molecule has 0 unspecified atom stereocenters. The van der Waals surface area contributed by atoms with Gasteiger partial charge in [-0.2, -0.15) is 0 Å². The van der Waals surface area contributed by atoms with E-state index in [0.717, 1.165) is 17.8 Å². The van der Waals surface area contributed by atoms with Crippen molar-refractivity contribution in [2.75, 3.05) is 11.8 Å². The first-order valence-electron chi connectivity index (χ1n) is 5.80. The molecule has 0 aliphatic carbocycles. The van der Waals surface area contributed by atoms with Crippen LogP contribution in [0.5, 0.6) is 11.5 Å². The minimum atomic E-state index is -0.255. The highest BCUT2D eigenvalue weighted by molar-refractivity contribution is 7.98. The molecule has 1 amide bonds. The lowest BCUT2D eigenvalue weighted by Gasteiger charge is -2.08. The molecule has 104 valence electrons. The molecule has 0 saturated heterocycles. The first-order valence-corrected chi connectivity index (χ1v) is 6.68. The molecule has 0 radical (unpaired) electrons. The van der Waals surface area contributed by atoms with E-state index in [2.05, 4.69) is 15.0 Å². The average molecular weight is 290 g/mol. The summed E-state index contributed by atoms with van der Waals surface area (Å²) in [5.41, 5.74) is 1.19. The van der Waals surface area contributed by atoms with Crippen molar-refractivity contribution in [3.8, 4) is 11.5 Å². The van der Waals surface area contributed by atoms with Crippen LogP contribution >= 0.6 is 12.1 Å². The Morgan fingerprint density at radius 1 is 1.25 bits per heavy atom. The van der Waals surface area contributed by atoms with Crippen molar-refractivity contribution >= 4 is 23.7 Å². The van der Waals surface area contributed by atoms with Crippen LogP contribution in [-0.2, 0) is 0 Å². The molecule has 0 bridgehead atoms. The topological polar surface area (TPSA) is 89.3 Å². The van der Waals surface area contributed by atoms with Gasteiger partial charge in [-0.15, -0.1) is 0 Å².